The lowest BCUT2D eigenvalue weighted by Gasteiger charge is -2.27. The smallest absolute Gasteiger partial charge is 0.330 e. The van der Waals surface area contributed by atoms with Crippen LogP contribution in [0.3, 0.4) is 0 Å². The summed E-state index contributed by atoms with van der Waals surface area (Å²) in [4.78, 5) is 35.1. The minimum absolute atomic E-state index is 0.200. The Morgan fingerprint density at radius 3 is 2.51 bits per heavy atom. The van der Waals surface area contributed by atoms with Crippen molar-refractivity contribution in [3.8, 4) is 28.3 Å². The number of anilines is 2. The van der Waals surface area contributed by atoms with Crippen LogP contribution in [0.2, 0.25) is 5.02 Å². The maximum Gasteiger partial charge on any atom is 0.330 e. The third-order valence-corrected chi connectivity index (χ3v) is 9.95. The van der Waals surface area contributed by atoms with Crippen molar-refractivity contribution in [3.63, 3.8) is 0 Å². The fourth-order valence-corrected chi connectivity index (χ4v) is 7.29. The van der Waals surface area contributed by atoms with E-state index in [1.807, 2.05) is 43.3 Å². The number of hydrogen-bond acceptors (Lipinski definition) is 8. The Morgan fingerprint density at radius 1 is 0.979 bits per heavy atom. The highest BCUT2D eigenvalue weighted by atomic mass is 35.5. The van der Waals surface area contributed by atoms with Gasteiger partial charge in [-0.15, -0.1) is 0 Å². The molecule has 1 unspecified atom stereocenters. The Balaban J connectivity index is 1.24. The van der Waals surface area contributed by atoms with Gasteiger partial charge in [-0.1, -0.05) is 41.9 Å². The molecule has 5 aromatic rings. The minimum Gasteiger partial charge on any atom is -0.481 e. The number of methoxy groups -OCH3 is 1. The number of rotatable bonds is 7. The van der Waals surface area contributed by atoms with Crippen LogP contribution >= 0.6 is 11.6 Å². The van der Waals surface area contributed by atoms with E-state index in [1.54, 1.807) is 26.4 Å². The molecule has 0 amide bonds. The SMILES string of the molecule is COc1nc(-c2cccc(-c3cccc(Nc4nccc5c4c(=O)n(C)c(=O)n5C)c3C)c2Cl)cc2c1C(NC1CCOCC1)CC2. The van der Waals surface area contributed by atoms with Crippen molar-refractivity contribution in [2.24, 2.45) is 14.1 Å². The summed E-state index contributed by atoms with van der Waals surface area (Å²) in [7, 11) is 4.79. The fourth-order valence-electron chi connectivity index (χ4n) is 6.96. The first-order valence-electron chi connectivity index (χ1n) is 15.9. The Bertz CT molecular complexity index is 2140. The van der Waals surface area contributed by atoms with Crippen LogP contribution in [0.25, 0.3) is 33.3 Å². The van der Waals surface area contributed by atoms with Crippen LogP contribution in [0.4, 0.5) is 11.5 Å². The summed E-state index contributed by atoms with van der Waals surface area (Å²) >= 11 is 7.20. The molecule has 0 bridgehead atoms. The lowest BCUT2D eigenvalue weighted by Crippen LogP contribution is -2.37. The summed E-state index contributed by atoms with van der Waals surface area (Å²) in [5.41, 5.74) is 7.13. The number of aryl methyl sites for hydroxylation is 2. The topological polar surface area (TPSA) is 112 Å². The zero-order valence-corrected chi connectivity index (χ0v) is 27.6. The van der Waals surface area contributed by atoms with Gasteiger partial charge in [-0.3, -0.25) is 13.9 Å². The lowest BCUT2D eigenvalue weighted by atomic mass is 9.96. The van der Waals surface area contributed by atoms with Crippen LogP contribution in [0, 0.1) is 6.92 Å². The maximum absolute atomic E-state index is 13.2. The van der Waals surface area contributed by atoms with E-state index in [-0.39, 0.29) is 6.04 Å². The van der Waals surface area contributed by atoms with Crippen molar-refractivity contribution in [2.45, 2.75) is 44.7 Å². The first-order chi connectivity index (χ1) is 22.8. The number of hydrogen-bond donors (Lipinski definition) is 2. The molecule has 2 aliphatic rings. The molecule has 1 atom stereocenters. The molecule has 1 fully saturated rings. The van der Waals surface area contributed by atoms with Crippen molar-refractivity contribution in [1.29, 1.82) is 0 Å². The predicted octanol–water partition coefficient (Wildman–Crippen LogP) is 5.83. The average Bonchev–Trinajstić information content (AvgIpc) is 3.50. The van der Waals surface area contributed by atoms with Gasteiger partial charge in [0.1, 0.15) is 11.2 Å². The van der Waals surface area contributed by atoms with Gasteiger partial charge in [0, 0.05) is 68.0 Å². The van der Waals surface area contributed by atoms with Gasteiger partial charge in [0.2, 0.25) is 5.88 Å². The summed E-state index contributed by atoms with van der Waals surface area (Å²) in [5, 5.41) is 8.11. The molecule has 47 heavy (non-hydrogen) atoms. The molecule has 2 N–H and O–H groups in total. The number of benzene rings is 2. The van der Waals surface area contributed by atoms with Crippen molar-refractivity contribution in [2.75, 3.05) is 25.6 Å². The monoisotopic (exact) mass is 652 g/mol. The largest absolute Gasteiger partial charge is 0.481 e. The van der Waals surface area contributed by atoms with E-state index in [1.165, 1.54) is 17.2 Å². The van der Waals surface area contributed by atoms with Gasteiger partial charge in [0.25, 0.3) is 5.56 Å². The van der Waals surface area contributed by atoms with E-state index in [2.05, 4.69) is 21.7 Å². The van der Waals surface area contributed by atoms with Gasteiger partial charge < -0.3 is 20.1 Å². The summed E-state index contributed by atoms with van der Waals surface area (Å²) in [5.74, 6) is 1.01. The molecular formula is C36H37ClN6O4. The van der Waals surface area contributed by atoms with Crippen molar-refractivity contribution < 1.29 is 9.47 Å². The molecule has 242 valence electrons. The third kappa shape index (κ3) is 5.50. The molecule has 2 aromatic carbocycles. The van der Waals surface area contributed by atoms with E-state index in [0.29, 0.717) is 33.7 Å². The normalized spacial score (nSPS) is 16.4. The first-order valence-corrected chi connectivity index (χ1v) is 16.3. The molecule has 0 radical (unpaired) electrons. The second-order valence-electron chi connectivity index (χ2n) is 12.3. The highest BCUT2D eigenvalue weighted by Crippen LogP contribution is 2.43. The van der Waals surface area contributed by atoms with Gasteiger partial charge in [-0.2, -0.15) is 0 Å². The number of nitrogens with one attached hydrogen (secondary N) is 2. The van der Waals surface area contributed by atoms with Crippen molar-refractivity contribution in [1.82, 2.24) is 24.4 Å². The molecule has 0 saturated carbocycles. The zero-order chi connectivity index (χ0) is 32.8. The quantitative estimate of drug-likeness (QED) is 0.226. The molecule has 10 nitrogen and oxygen atoms in total. The predicted molar refractivity (Wildman–Crippen MR) is 185 cm³/mol. The summed E-state index contributed by atoms with van der Waals surface area (Å²) in [6.45, 7) is 3.59. The lowest BCUT2D eigenvalue weighted by molar-refractivity contribution is 0.0748. The van der Waals surface area contributed by atoms with E-state index < -0.39 is 11.2 Å². The second kappa shape index (κ2) is 12.6. The Morgan fingerprint density at radius 2 is 1.72 bits per heavy atom. The van der Waals surface area contributed by atoms with Crippen LogP contribution in [0.15, 0.2) is 64.3 Å². The number of ether oxygens (including phenoxy) is 2. The van der Waals surface area contributed by atoms with Gasteiger partial charge in [0.15, 0.2) is 0 Å². The average molecular weight is 653 g/mol. The standard InChI is InChI=1S/C36H37ClN6O4/c1-20-23(7-6-10-26(20)40-33-31-29(13-16-38-33)42(2)36(45)43(3)35(31)44)24-8-5-9-25(32(24)37)28-19-21-11-12-27(30(21)34(41-28)46-4)39-22-14-17-47-18-15-22/h5-10,13,16,19,22,27,39H,11-12,14-15,17-18H2,1-4H3,(H,38,40). The molecule has 3 aromatic heterocycles. The van der Waals surface area contributed by atoms with E-state index in [4.69, 9.17) is 26.1 Å². The Kier molecular flexibility index (Phi) is 8.34. The molecule has 1 aliphatic carbocycles. The third-order valence-electron chi connectivity index (χ3n) is 9.55. The van der Waals surface area contributed by atoms with Gasteiger partial charge in [0.05, 0.1) is 23.3 Å². The number of halogens is 1. The minimum atomic E-state index is -0.411. The molecule has 11 heteroatoms. The number of nitrogens with zero attached hydrogens (tertiary/aromatic N) is 4. The molecule has 1 saturated heterocycles. The first kappa shape index (κ1) is 31.1. The number of aromatic nitrogens is 4. The fraction of sp³-hybridized carbons (Fsp3) is 0.333. The van der Waals surface area contributed by atoms with Gasteiger partial charge in [-0.25, -0.2) is 14.8 Å². The number of fused-ring (bicyclic) bond motifs is 2. The van der Waals surface area contributed by atoms with Crippen LogP contribution in [0.1, 0.15) is 42.0 Å². The molecular weight excluding hydrogens is 616 g/mol. The van der Waals surface area contributed by atoms with Crippen LogP contribution < -0.4 is 26.6 Å². The van der Waals surface area contributed by atoms with E-state index >= 15 is 0 Å². The summed E-state index contributed by atoms with van der Waals surface area (Å²) in [6, 6.07) is 16.3. The van der Waals surface area contributed by atoms with Crippen molar-refractivity contribution in [3.05, 3.63) is 97.3 Å². The van der Waals surface area contributed by atoms with Crippen LogP contribution in [0.5, 0.6) is 5.88 Å². The van der Waals surface area contributed by atoms with E-state index in [0.717, 1.165) is 82.7 Å². The van der Waals surface area contributed by atoms with Crippen LogP contribution in [-0.2, 0) is 25.3 Å². The molecule has 4 heterocycles. The Hall–Kier alpha value is -4.51. The Labute approximate surface area is 277 Å². The zero-order valence-electron chi connectivity index (χ0n) is 26.9. The molecule has 0 spiro atoms. The van der Waals surface area contributed by atoms with Gasteiger partial charge in [-0.05, 0) is 67.5 Å². The van der Waals surface area contributed by atoms with Gasteiger partial charge >= 0.3 is 5.69 Å². The van der Waals surface area contributed by atoms with Crippen molar-refractivity contribution >= 4 is 34.0 Å². The van der Waals surface area contributed by atoms with E-state index in [9.17, 15) is 9.59 Å². The maximum atomic E-state index is 13.2. The van der Waals surface area contributed by atoms with Crippen LogP contribution in [-0.4, -0.2) is 45.5 Å². The number of pyridine rings is 2. The summed E-state index contributed by atoms with van der Waals surface area (Å²) in [6.07, 6.45) is 5.54. The molecule has 7 rings (SSSR count). The summed E-state index contributed by atoms with van der Waals surface area (Å²) < 4.78 is 14.0. The molecule has 1 aliphatic heterocycles. The highest BCUT2D eigenvalue weighted by molar-refractivity contribution is 6.36. The highest BCUT2D eigenvalue weighted by Gasteiger charge is 2.31. The second-order valence-corrected chi connectivity index (χ2v) is 12.6.